The van der Waals surface area contributed by atoms with E-state index in [1.807, 2.05) is 6.08 Å². The van der Waals surface area contributed by atoms with E-state index in [2.05, 4.69) is 19.2 Å². The lowest BCUT2D eigenvalue weighted by Gasteiger charge is -2.20. The van der Waals surface area contributed by atoms with Crippen LogP contribution in [-0.4, -0.2) is 47.4 Å². The number of allylic oxidation sites excluding steroid dienone is 1. The third kappa shape index (κ3) is 67.7. The SMILES string of the molecule is CCCCCCCCCCCCCCCCC/C=C/C(O)C(CO)NC(=O)CCCCCCCCCCCCCCCCCCCCCCCCCCCCCCCCCCCCCOC(=O)CCCCCCCCCCCCCCC. The van der Waals surface area contributed by atoms with E-state index >= 15 is 0 Å². The molecule has 3 N–H and O–H groups in total. The molecule has 0 saturated carbocycles. The van der Waals surface area contributed by atoms with Gasteiger partial charge in [-0.05, 0) is 32.1 Å². The first-order valence-corrected chi connectivity index (χ1v) is 38.0. The molecule has 82 heavy (non-hydrogen) atoms. The maximum absolute atomic E-state index is 12.5. The predicted molar refractivity (Wildman–Crippen MR) is 361 cm³/mol. The van der Waals surface area contributed by atoms with Crippen molar-refractivity contribution in [2.45, 2.75) is 450 Å². The summed E-state index contributed by atoms with van der Waals surface area (Å²) in [6, 6.07) is -0.623. The number of hydrogen-bond donors (Lipinski definition) is 3. The fourth-order valence-electron chi connectivity index (χ4n) is 12.3. The van der Waals surface area contributed by atoms with Crippen LogP contribution in [0.2, 0.25) is 0 Å². The van der Waals surface area contributed by atoms with E-state index in [0.29, 0.717) is 19.4 Å². The lowest BCUT2D eigenvalue weighted by Crippen LogP contribution is -2.45. The van der Waals surface area contributed by atoms with Gasteiger partial charge in [-0.2, -0.15) is 0 Å². The molecule has 0 aromatic rings. The molecular formula is C76H149NO5. The monoisotopic (exact) mass is 1160 g/mol. The van der Waals surface area contributed by atoms with Gasteiger partial charge in [-0.15, -0.1) is 0 Å². The topological polar surface area (TPSA) is 95.9 Å². The van der Waals surface area contributed by atoms with Gasteiger partial charge in [0.2, 0.25) is 5.91 Å². The molecule has 0 aromatic carbocycles. The van der Waals surface area contributed by atoms with E-state index in [1.54, 1.807) is 6.08 Å². The van der Waals surface area contributed by atoms with Gasteiger partial charge in [0, 0.05) is 12.8 Å². The molecule has 0 aromatic heterocycles. The molecule has 1 amide bonds. The van der Waals surface area contributed by atoms with Crippen LogP contribution in [-0.2, 0) is 14.3 Å². The second-order valence-electron chi connectivity index (χ2n) is 26.4. The minimum Gasteiger partial charge on any atom is -0.466 e. The van der Waals surface area contributed by atoms with Crippen molar-refractivity contribution in [3.63, 3.8) is 0 Å². The van der Waals surface area contributed by atoms with Crippen molar-refractivity contribution < 1.29 is 24.5 Å². The van der Waals surface area contributed by atoms with Crippen molar-refractivity contribution in [1.29, 1.82) is 0 Å². The second-order valence-corrected chi connectivity index (χ2v) is 26.4. The molecule has 6 nitrogen and oxygen atoms in total. The smallest absolute Gasteiger partial charge is 0.305 e. The normalized spacial score (nSPS) is 12.5. The van der Waals surface area contributed by atoms with Crippen LogP contribution in [0.5, 0.6) is 0 Å². The number of hydrogen-bond acceptors (Lipinski definition) is 5. The van der Waals surface area contributed by atoms with E-state index < -0.39 is 12.1 Å². The fraction of sp³-hybridized carbons (Fsp3) is 0.947. The summed E-state index contributed by atoms with van der Waals surface area (Å²) < 4.78 is 5.50. The summed E-state index contributed by atoms with van der Waals surface area (Å²) in [4.78, 5) is 24.6. The molecule has 0 aliphatic heterocycles. The summed E-state index contributed by atoms with van der Waals surface area (Å²) in [5.74, 6) is -0.0338. The number of aliphatic hydroxyl groups excluding tert-OH is 2. The third-order valence-electron chi connectivity index (χ3n) is 18.1. The largest absolute Gasteiger partial charge is 0.466 e. The Kier molecular flexibility index (Phi) is 70.8. The Morgan fingerprint density at radius 2 is 0.561 bits per heavy atom. The molecule has 2 atom stereocenters. The van der Waals surface area contributed by atoms with Crippen molar-refractivity contribution in [1.82, 2.24) is 5.32 Å². The molecule has 2 unspecified atom stereocenters. The van der Waals surface area contributed by atoms with Gasteiger partial charge in [0.15, 0.2) is 0 Å². The molecular weight excluding hydrogens is 1010 g/mol. The maximum Gasteiger partial charge on any atom is 0.305 e. The zero-order chi connectivity index (χ0) is 59.2. The van der Waals surface area contributed by atoms with Gasteiger partial charge in [-0.25, -0.2) is 0 Å². The molecule has 0 radical (unpaired) electrons. The average molecular weight is 1160 g/mol. The van der Waals surface area contributed by atoms with Crippen LogP contribution in [0.15, 0.2) is 12.2 Å². The highest BCUT2D eigenvalue weighted by Gasteiger charge is 2.18. The molecule has 0 aliphatic carbocycles. The molecule has 6 heteroatoms. The minimum atomic E-state index is -0.840. The second kappa shape index (κ2) is 72.1. The number of rotatable bonds is 72. The number of carbonyl (C=O) groups is 2. The van der Waals surface area contributed by atoms with Gasteiger partial charge in [-0.3, -0.25) is 9.59 Å². The van der Waals surface area contributed by atoms with Gasteiger partial charge in [0.05, 0.1) is 25.4 Å². The Hall–Kier alpha value is -1.40. The van der Waals surface area contributed by atoms with Gasteiger partial charge in [0.1, 0.15) is 0 Å². The van der Waals surface area contributed by atoms with Gasteiger partial charge in [-0.1, -0.05) is 405 Å². The number of unbranched alkanes of at least 4 members (excludes halogenated alkanes) is 61. The zero-order valence-corrected chi connectivity index (χ0v) is 56.0. The number of carbonyl (C=O) groups excluding carboxylic acids is 2. The van der Waals surface area contributed by atoms with Crippen LogP contribution in [0.4, 0.5) is 0 Å². The number of nitrogens with one attached hydrogen (secondary N) is 1. The zero-order valence-electron chi connectivity index (χ0n) is 56.0. The van der Waals surface area contributed by atoms with Crippen LogP contribution in [0.1, 0.15) is 438 Å². The Morgan fingerprint density at radius 3 is 0.829 bits per heavy atom. The summed E-state index contributed by atoms with van der Waals surface area (Å²) in [5, 5.41) is 23.2. The molecule has 0 saturated heterocycles. The highest BCUT2D eigenvalue weighted by molar-refractivity contribution is 5.76. The Balaban J connectivity index is 3.31. The van der Waals surface area contributed by atoms with E-state index in [1.165, 1.54) is 372 Å². The molecule has 488 valence electrons. The maximum atomic E-state index is 12.5. The Morgan fingerprint density at radius 1 is 0.329 bits per heavy atom. The highest BCUT2D eigenvalue weighted by Crippen LogP contribution is 2.20. The molecule has 0 fully saturated rings. The lowest BCUT2D eigenvalue weighted by molar-refractivity contribution is -0.143. The van der Waals surface area contributed by atoms with E-state index in [4.69, 9.17) is 4.74 Å². The summed E-state index contributed by atoms with van der Waals surface area (Å²) in [6.45, 7) is 4.95. The first-order chi connectivity index (χ1) is 40.5. The number of amides is 1. The summed E-state index contributed by atoms with van der Waals surface area (Å²) in [7, 11) is 0. The Labute approximate surface area is 514 Å². The predicted octanol–water partition coefficient (Wildman–Crippen LogP) is 24.7. The molecule has 0 bridgehead atoms. The minimum absolute atomic E-state index is 0.0249. The third-order valence-corrected chi connectivity index (χ3v) is 18.1. The van der Waals surface area contributed by atoms with E-state index in [-0.39, 0.29) is 18.5 Å². The van der Waals surface area contributed by atoms with E-state index in [0.717, 1.165) is 38.5 Å². The van der Waals surface area contributed by atoms with Crippen LogP contribution >= 0.6 is 0 Å². The van der Waals surface area contributed by atoms with E-state index in [9.17, 15) is 19.8 Å². The van der Waals surface area contributed by atoms with Crippen molar-refractivity contribution in [2.24, 2.45) is 0 Å². The number of aliphatic hydroxyl groups is 2. The van der Waals surface area contributed by atoms with Crippen molar-refractivity contribution in [3.05, 3.63) is 12.2 Å². The fourth-order valence-corrected chi connectivity index (χ4v) is 12.3. The standard InChI is InChI=1S/C76H149NO5/c1-3-5-7-9-11-13-15-17-18-38-41-45-48-52-56-60-64-68-74(79)73(72-78)77-75(80)69-65-61-57-53-49-46-42-39-36-34-32-30-28-26-24-22-20-19-21-23-25-27-29-31-33-35-37-40-43-47-51-55-59-63-67-71-82-76(81)70-66-62-58-54-50-44-16-14-12-10-8-6-4-2/h64,68,73-74,78-79H,3-63,65-67,69-72H2,1-2H3,(H,77,80)/b68-64+. The summed E-state index contributed by atoms with van der Waals surface area (Å²) in [5.41, 5.74) is 0. The molecule has 0 heterocycles. The quantitative estimate of drug-likeness (QED) is 0.0320. The van der Waals surface area contributed by atoms with Crippen LogP contribution in [0.3, 0.4) is 0 Å². The van der Waals surface area contributed by atoms with Gasteiger partial charge in [0.25, 0.3) is 0 Å². The lowest BCUT2D eigenvalue weighted by atomic mass is 10.0. The van der Waals surface area contributed by atoms with Crippen LogP contribution in [0.25, 0.3) is 0 Å². The first-order valence-electron chi connectivity index (χ1n) is 38.0. The highest BCUT2D eigenvalue weighted by atomic mass is 16.5. The average Bonchev–Trinajstić information content (AvgIpc) is 3.48. The summed E-state index contributed by atoms with van der Waals surface area (Å²) in [6.07, 6.45) is 90.4. The van der Waals surface area contributed by atoms with Crippen LogP contribution in [0, 0.1) is 0 Å². The Bertz CT molecular complexity index is 1240. The first kappa shape index (κ1) is 80.6. The number of ether oxygens (including phenoxy) is 1. The summed E-state index contributed by atoms with van der Waals surface area (Å²) >= 11 is 0. The van der Waals surface area contributed by atoms with Gasteiger partial charge >= 0.3 is 5.97 Å². The molecule has 0 spiro atoms. The molecule has 0 rings (SSSR count). The van der Waals surface area contributed by atoms with Crippen LogP contribution < -0.4 is 5.32 Å². The van der Waals surface area contributed by atoms with Gasteiger partial charge < -0.3 is 20.3 Å². The van der Waals surface area contributed by atoms with Crippen molar-refractivity contribution in [3.8, 4) is 0 Å². The van der Waals surface area contributed by atoms with Crippen molar-refractivity contribution in [2.75, 3.05) is 13.2 Å². The van der Waals surface area contributed by atoms with Crippen molar-refractivity contribution >= 4 is 11.9 Å². The molecule has 0 aliphatic rings. The number of esters is 1.